The zero-order chi connectivity index (χ0) is 27.9. The minimum Gasteiger partial charge on any atom is -0.309 e. The van der Waals surface area contributed by atoms with Crippen molar-refractivity contribution in [3.05, 3.63) is 164 Å². The van der Waals surface area contributed by atoms with E-state index in [1.54, 1.807) is 0 Å². The second kappa shape index (κ2) is 10.3. The number of fused-ring (bicyclic) bond motifs is 5. The summed E-state index contributed by atoms with van der Waals surface area (Å²) >= 11 is 1.89. The predicted octanol–water partition coefficient (Wildman–Crippen LogP) is 12.0. The van der Waals surface area contributed by atoms with Gasteiger partial charge in [-0.25, -0.2) is 0 Å². The molecular weight excluding hydrogens is 527 g/mol. The SMILES string of the molecule is c1ccc(-c2ccc(N(c3ccccc3)c3c(-c4ccccc4)c4c5ccccc5sc4c4ccccc34)cc2)cc1. The first kappa shape index (κ1) is 24.6. The monoisotopic (exact) mass is 553 g/mol. The number of nitrogens with zero attached hydrogens (tertiary/aromatic N) is 1. The van der Waals surface area contributed by atoms with Gasteiger partial charge < -0.3 is 4.90 Å². The standard InChI is InChI=1S/C40H27NS/c1-4-14-28(15-5-1)29-24-26-32(27-25-29)41(31-18-8-3-9-19-31)39-33-20-10-11-21-34(33)40-38(35-22-12-13-23-36(35)42-40)37(39)30-16-6-2-7-17-30/h1-27H. The summed E-state index contributed by atoms with van der Waals surface area (Å²) in [7, 11) is 0. The van der Waals surface area contributed by atoms with E-state index < -0.39 is 0 Å². The summed E-state index contributed by atoms with van der Waals surface area (Å²) < 4.78 is 2.65. The van der Waals surface area contributed by atoms with E-state index in [1.807, 2.05) is 11.3 Å². The van der Waals surface area contributed by atoms with Crippen molar-refractivity contribution in [2.24, 2.45) is 0 Å². The van der Waals surface area contributed by atoms with Gasteiger partial charge >= 0.3 is 0 Å². The quantitative estimate of drug-likeness (QED) is 0.205. The van der Waals surface area contributed by atoms with Gasteiger partial charge in [-0.2, -0.15) is 0 Å². The zero-order valence-electron chi connectivity index (χ0n) is 22.9. The van der Waals surface area contributed by atoms with Crippen LogP contribution in [0.15, 0.2) is 164 Å². The molecule has 0 N–H and O–H groups in total. The molecule has 198 valence electrons. The number of anilines is 3. The minimum absolute atomic E-state index is 1.13. The van der Waals surface area contributed by atoms with Gasteiger partial charge in [0.15, 0.2) is 0 Å². The van der Waals surface area contributed by atoms with E-state index in [0.717, 1.165) is 11.4 Å². The molecule has 2 heteroatoms. The van der Waals surface area contributed by atoms with Crippen molar-refractivity contribution < 1.29 is 0 Å². The molecule has 1 nitrogen and oxygen atoms in total. The molecule has 0 fully saturated rings. The molecule has 0 aliphatic heterocycles. The smallest absolute Gasteiger partial charge is 0.0625 e. The van der Waals surface area contributed by atoms with E-state index in [1.165, 1.54) is 58.9 Å². The van der Waals surface area contributed by atoms with Gasteiger partial charge in [0.05, 0.1) is 5.69 Å². The lowest BCUT2D eigenvalue weighted by atomic mass is 9.91. The van der Waals surface area contributed by atoms with E-state index in [9.17, 15) is 0 Å². The van der Waals surface area contributed by atoms with Crippen LogP contribution in [-0.4, -0.2) is 0 Å². The van der Waals surface area contributed by atoms with Crippen LogP contribution >= 0.6 is 11.3 Å². The van der Waals surface area contributed by atoms with E-state index in [4.69, 9.17) is 0 Å². The lowest BCUT2D eigenvalue weighted by molar-refractivity contribution is 1.30. The molecule has 0 aliphatic rings. The molecule has 0 radical (unpaired) electrons. The van der Waals surface area contributed by atoms with Crippen LogP contribution in [-0.2, 0) is 0 Å². The lowest BCUT2D eigenvalue weighted by Crippen LogP contribution is -2.12. The third-order valence-electron chi connectivity index (χ3n) is 8.04. The van der Waals surface area contributed by atoms with Crippen LogP contribution < -0.4 is 4.90 Å². The van der Waals surface area contributed by atoms with Crippen molar-refractivity contribution in [1.82, 2.24) is 0 Å². The molecule has 0 amide bonds. The molecule has 0 bridgehead atoms. The van der Waals surface area contributed by atoms with Crippen LogP contribution in [0.4, 0.5) is 17.1 Å². The van der Waals surface area contributed by atoms with Crippen LogP contribution in [0.5, 0.6) is 0 Å². The van der Waals surface area contributed by atoms with Crippen LogP contribution in [0, 0.1) is 0 Å². The highest BCUT2D eigenvalue weighted by Crippen LogP contribution is 2.53. The van der Waals surface area contributed by atoms with E-state index >= 15 is 0 Å². The summed E-state index contributed by atoms with van der Waals surface area (Å²) in [5.41, 5.74) is 8.36. The molecule has 42 heavy (non-hydrogen) atoms. The number of hydrogen-bond acceptors (Lipinski definition) is 2. The first-order valence-corrected chi connectivity index (χ1v) is 15.1. The number of benzene rings is 7. The molecular formula is C40H27NS. The predicted molar refractivity (Wildman–Crippen MR) is 182 cm³/mol. The molecule has 8 rings (SSSR count). The van der Waals surface area contributed by atoms with Crippen molar-refractivity contribution in [2.75, 3.05) is 4.90 Å². The summed E-state index contributed by atoms with van der Waals surface area (Å²) in [5, 5.41) is 5.14. The summed E-state index contributed by atoms with van der Waals surface area (Å²) in [4.78, 5) is 2.45. The van der Waals surface area contributed by atoms with Gasteiger partial charge in [0.1, 0.15) is 0 Å². The van der Waals surface area contributed by atoms with E-state index in [0.29, 0.717) is 0 Å². The Hall–Kier alpha value is -5.18. The van der Waals surface area contributed by atoms with Crippen LogP contribution in [0.2, 0.25) is 0 Å². The van der Waals surface area contributed by atoms with Crippen molar-refractivity contribution in [2.45, 2.75) is 0 Å². The highest BCUT2D eigenvalue weighted by molar-refractivity contribution is 7.26. The van der Waals surface area contributed by atoms with Crippen LogP contribution in [0.25, 0.3) is 53.2 Å². The fraction of sp³-hybridized carbons (Fsp3) is 0. The molecule has 0 aliphatic carbocycles. The van der Waals surface area contributed by atoms with Gasteiger partial charge in [0.25, 0.3) is 0 Å². The van der Waals surface area contributed by atoms with Crippen molar-refractivity contribution in [3.8, 4) is 22.3 Å². The number of rotatable bonds is 5. The normalized spacial score (nSPS) is 11.3. The van der Waals surface area contributed by atoms with E-state index in [2.05, 4.69) is 169 Å². The Labute approximate surface area is 249 Å². The van der Waals surface area contributed by atoms with Gasteiger partial charge in [-0.3, -0.25) is 0 Å². The first-order chi connectivity index (χ1) is 20.9. The number of thiophene rings is 1. The molecule has 1 aromatic heterocycles. The van der Waals surface area contributed by atoms with Gasteiger partial charge in [-0.15, -0.1) is 11.3 Å². The summed E-state index contributed by atoms with van der Waals surface area (Å²) in [6, 6.07) is 59.0. The number of para-hydroxylation sites is 1. The maximum atomic E-state index is 2.45. The fourth-order valence-electron chi connectivity index (χ4n) is 6.16. The van der Waals surface area contributed by atoms with Crippen LogP contribution in [0.1, 0.15) is 0 Å². The largest absolute Gasteiger partial charge is 0.309 e. The fourth-order valence-corrected chi connectivity index (χ4v) is 7.41. The van der Waals surface area contributed by atoms with Crippen molar-refractivity contribution in [1.29, 1.82) is 0 Å². The summed E-state index contributed by atoms with van der Waals surface area (Å²) in [6.07, 6.45) is 0. The molecule has 7 aromatic carbocycles. The zero-order valence-corrected chi connectivity index (χ0v) is 23.8. The van der Waals surface area contributed by atoms with Crippen molar-refractivity contribution in [3.63, 3.8) is 0 Å². The number of hydrogen-bond donors (Lipinski definition) is 0. The molecule has 0 saturated carbocycles. The summed E-state index contributed by atoms with van der Waals surface area (Å²) in [5.74, 6) is 0. The minimum atomic E-state index is 1.13. The molecule has 1 heterocycles. The van der Waals surface area contributed by atoms with E-state index in [-0.39, 0.29) is 0 Å². The third kappa shape index (κ3) is 4.08. The molecule has 8 aromatic rings. The Bertz CT molecular complexity index is 2160. The maximum Gasteiger partial charge on any atom is 0.0625 e. The highest BCUT2D eigenvalue weighted by Gasteiger charge is 2.25. The van der Waals surface area contributed by atoms with Gasteiger partial charge in [0, 0.05) is 47.9 Å². The van der Waals surface area contributed by atoms with Crippen LogP contribution in [0.3, 0.4) is 0 Å². The second-order valence-electron chi connectivity index (χ2n) is 10.5. The average molecular weight is 554 g/mol. The topological polar surface area (TPSA) is 3.24 Å². The summed E-state index contributed by atoms with van der Waals surface area (Å²) in [6.45, 7) is 0. The highest BCUT2D eigenvalue weighted by atomic mass is 32.1. The Kier molecular flexibility index (Phi) is 6.05. The van der Waals surface area contributed by atoms with Gasteiger partial charge in [-0.1, -0.05) is 133 Å². The Balaban J connectivity index is 1.51. The van der Waals surface area contributed by atoms with Gasteiger partial charge in [-0.05, 0) is 47.0 Å². The Morgan fingerprint density at radius 2 is 0.881 bits per heavy atom. The molecule has 0 spiro atoms. The maximum absolute atomic E-state index is 2.45. The molecule has 0 atom stereocenters. The Morgan fingerprint density at radius 3 is 1.57 bits per heavy atom. The second-order valence-corrected chi connectivity index (χ2v) is 11.6. The van der Waals surface area contributed by atoms with Gasteiger partial charge in [0.2, 0.25) is 0 Å². The molecule has 0 saturated heterocycles. The molecule has 0 unspecified atom stereocenters. The van der Waals surface area contributed by atoms with Crippen molar-refractivity contribution >= 4 is 59.3 Å². The average Bonchev–Trinajstić information content (AvgIpc) is 3.46. The Morgan fingerprint density at radius 1 is 0.381 bits per heavy atom. The third-order valence-corrected chi connectivity index (χ3v) is 9.25. The lowest BCUT2D eigenvalue weighted by Gasteiger charge is -2.30. The first-order valence-electron chi connectivity index (χ1n) is 14.3.